The maximum absolute atomic E-state index is 13.3. The first-order valence-electron chi connectivity index (χ1n) is 8.77. The Labute approximate surface area is 176 Å². The van der Waals surface area contributed by atoms with Crippen LogP contribution in [0.25, 0.3) is 11.3 Å². The van der Waals surface area contributed by atoms with Crippen molar-refractivity contribution >= 4 is 17.7 Å². The molecule has 7 nitrogen and oxygen atoms in total. The third kappa shape index (κ3) is 6.49. The van der Waals surface area contributed by atoms with Gasteiger partial charge in [-0.15, -0.1) is 0 Å². The summed E-state index contributed by atoms with van der Waals surface area (Å²) in [6.07, 6.45) is -4.67. The summed E-state index contributed by atoms with van der Waals surface area (Å²) in [6, 6.07) is 5.28. The molecule has 1 amide bonds. The Morgan fingerprint density at radius 1 is 1.13 bits per heavy atom. The molecule has 0 spiro atoms. The van der Waals surface area contributed by atoms with Crippen molar-refractivity contribution in [2.45, 2.75) is 24.3 Å². The second kappa shape index (κ2) is 10.5. The van der Waals surface area contributed by atoms with E-state index in [1.807, 2.05) is 0 Å². The molecule has 0 saturated carbocycles. The van der Waals surface area contributed by atoms with E-state index in [0.29, 0.717) is 23.7 Å². The molecule has 0 aliphatic heterocycles. The second-order valence-electron chi connectivity index (χ2n) is 6.20. The molecule has 0 saturated heterocycles. The van der Waals surface area contributed by atoms with Gasteiger partial charge in [-0.05, 0) is 31.2 Å². The van der Waals surface area contributed by atoms with E-state index in [0.717, 1.165) is 17.8 Å². The minimum absolute atomic E-state index is 0.0499. The molecule has 2 aromatic rings. The van der Waals surface area contributed by atoms with Crippen LogP contribution in [0.4, 0.5) is 13.2 Å². The van der Waals surface area contributed by atoms with Crippen LogP contribution < -0.4 is 14.8 Å². The average Bonchev–Trinajstić information content (AvgIpc) is 2.71. The molecule has 1 N–H and O–H groups in total. The number of methoxy groups -OCH3 is 3. The highest BCUT2D eigenvalue weighted by Crippen LogP contribution is 2.35. The van der Waals surface area contributed by atoms with Crippen LogP contribution in [0.15, 0.2) is 29.4 Å². The van der Waals surface area contributed by atoms with Gasteiger partial charge in [-0.2, -0.15) is 13.2 Å². The number of aromatic nitrogens is 2. The fourth-order valence-corrected chi connectivity index (χ4v) is 3.19. The highest BCUT2D eigenvalue weighted by molar-refractivity contribution is 7.99. The number of hydrogen-bond acceptors (Lipinski definition) is 7. The highest BCUT2D eigenvalue weighted by Gasteiger charge is 2.34. The molecule has 2 rings (SSSR count). The Kier molecular flexibility index (Phi) is 8.30. The Morgan fingerprint density at radius 2 is 1.83 bits per heavy atom. The largest absolute Gasteiger partial charge is 0.493 e. The monoisotopic (exact) mass is 445 g/mol. The first-order valence-corrected chi connectivity index (χ1v) is 9.76. The molecule has 0 radical (unpaired) electrons. The Bertz CT molecular complexity index is 881. The summed E-state index contributed by atoms with van der Waals surface area (Å²) in [4.78, 5) is 19.7. The first-order chi connectivity index (χ1) is 14.2. The van der Waals surface area contributed by atoms with Crippen molar-refractivity contribution < 1.29 is 32.2 Å². The number of alkyl halides is 3. The van der Waals surface area contributed by atoms with Crippen molar-refractivity contribution in [3.63, 3.8) is 0 Å². The second-order valence-corrected chi connectivity index (χ2v) is 7.14. The number of thioether (sulfide) groups is 1. The number of carbonyl (C=O) groups excluding carboxylic acids is 1. The van der Waals surface area contributed by atoms with Crippen LogP contribution in [-0.2, 0) is 15.7 Å². The minimum atomic E-state index is -4.67. The lowest BCUT2D eigenvalue weighted by Gasteiger charge is -2.13. The summed E-state index contributed by atoms with van der Waals surface area (Å²) in [7, 11) is 4.38. The number of carbonyl (C=O) groups is 1. The molecule has 30 heavy (non-hydrogen) atoms. The van der Waals surface area contributed by atoms with Gasteiger partial charge in [0.05, 0.1) is 32.3 Å². The molecule has 0 aliphatic carbocycles. The van der Waals surface area contributed by atoms with Gasteiger partial charge in [0.25, 0.3) is 0 Å². The summed E-state index contributed by atoms with van der Waals surface area (Å²) in [5.74, 6) is 0.282. The lowest BCUT2D eigenvalue weighted by atomic mass is 10.1. The molecule has 0 bridgehead atoms. The number of benzene rings is 1. The zero-order valence-electron chi connectivity index (χ0n) is 16.9. The number of nitrogens with zero attached hydrogens (tertiary/aromatic N) is 2. The molecular formula is C19H22F3N3O4S. The fourth-order valence-electron chi connectivity index (χ4n) is 2.52. The number of amides is 1. The standard InChI is InChI=1S/C19H22F3N3O4S/c1-11(9-27-2)23-17(26)10-30-18-24-13(8-16(25-18)19(20,21)22)12-5-6-14(28-3)15(7-12)29-4/h5-8,11H,9-10H2,1-4H3,(H,23,26)/t11-/m1/s1. The van der Waals surface area contributed by atoms with E-state index in [1.165, 1.54) is 27.4 Å². The Balaban J connectivity index is 2.31. The van der Waals surface area contributed by atoms with Gasteiger partial charge < -0.3 is 19.5 Å². The van der Waals surface area contributed by atoms with Gasteiger partial charge in [0.15, 0.2) is 16.7 Å². The van der Waals surface area contributed by atoms with Crippen LogP contribution in [0.5, 0.6) is 11.5 Å². The van der Waals surface area contributed by atoms with E-state index in [-0.39, 0.29) is 28.6 Å². The van der Waals surface area contributed by atoms with Gasteiger partial charge in [-0.25, -0.2) is 9.97 Å². The third-order valence-corrected chi connectivity index (χ3v) is 4.68. The van der Waals surface area contributed by atoms with Crippen LogP contribution in [0.2, 0.25) is 0 Å². The lowest BCUT2D eigenvalue weighted by Crippen LogP contribution is -2.36. The lowest BCUT2D eigenvalue weighted by molar-refractivity contribution is -0.141. The third-order valence-electron chi connectivity index (χ3n) is 3.83. The predicted octanol–water partition coefficient (Wildman–Crippen LogP) is 3.42. The smallest absolute Gasteiger partial charge is 0.433 e. The van der Waals surface area contributed by atoms with E-state index in [4.69, 9.17) is 14.2 Å². The zero-order valence-corrected chi connectivity index (χ0v) is 17.7. The molecule has 164 valence electrons. The summed E-state index contributed by atoms with van der Waals surface area (Å²) in [5.41, 5.74) is -0.660. The molecule has 1 aromatic carbocycles. The van der Waals surface area contributed by atoms with Crippen molar-refractivity contribution in [3.8, 4) is 22.8 Å². The van der Waals surface area contributed by atoms with E-state index in [9.17, 15) is 18.0 Å². The van der Waals surface area contributed by atoms with Crippen molar-refractivity contribution in [1.82, 2.24) is 15.3 Å². The van der Waals surface area contributed by atoms with E-state index < -0.39 is 11.9 Å². The Hall–Kier alpha value is -2.53. The van der Waals surface area contributed by atoms with E-state index in [1.54, 1.807) is 19.1 Å². The van der Waals surface area contributed by atoms with E-state index >= 15 is 0 Å². The SMILES string of the molecule is COC[C@@H](C)NC(=O)CSc1nc(-c2ccc(OC)c(OC)c2)cc(C(F)(F)F)n1. The molecular weight excluding hydrogens is 423 g/mol. The molecule has 0 unspecified atom stereocenters. The highest BCUT2D eigenvalue weighted by atomic mass is 32.2. The van der Waals surface area contributed by atoms with Crippen molar-refractivity contribution in [2.24, 2.45) is 0 Å². The number of rotatable bonds is 9. The maximum Gasteiger partial charge on any atom is 0.433 e. The van der Waals surface area contributed by atoms with Gasteiger partial charge in [-0.3, -0.25) is 4.79 Å². The Morgan fingerprint density at radius 3 is 2.43 bits per heavy atom. The molecule has 11 heteroatoms. The summed E-state index contributed by atoms with van der Waals surface area (Å²) >= 11 is 0.814. The number of ether oxygens (including phenoxy) is 3. The molecule has 1 aromatic heterocycles. The van der Waals surface area contributed by atoms with Crippen LogP contribution in [0.1, 0.15) is 12.6 Å². The van der Waals surface area contributed by atoms with Gasteiger partial charge >= 0.3 is 6.18 Å². The first kappa shape index (κ1) is 23.7. The van der Waals surface area contributed by atoms with Crippen LogP contribution in [0, 0.1) is 0 Å². The molecule has 0 aliphatic rings. The summed E-state index contributed by atoms with van der Waals surface area (Å²) < 4.78 is 55.3. The van der Waals surface area contributed by atoms with Crippen LogP contribution in [0.3, 0.4) is 0 Å². The predicted molar refractivity (Wildman–Crippen MR) is 106 cm³/mol. The van der Waals surface area contributed by atoms with Gasteiger partial charge in [-0.1, -0.05) is 11.8 Å². The maximum atomic E-state index is 13.3. The zero-order chi connectivity index (χ0) is 22.3. The molecule has 0 fully saturated rings. The van der Waals surface area contributed by atoms with Crippen molar-refractivity contribution in [3.05, 3.63) is 30.0 Å². The van der Waals surface area contributed by atoms with Crippen LogP contribution >= 0.6 is 11.8 Å². The van der Waals surface area contributed by atoms with Gasteiger partial charge in [0, 0.05) is 18.7 Å². The van der Waals surface area contributed by atoms with Crippen molar-refractivity contribution in [1.29, 1.82) is 0 Å². The summed E-state index contributed by atoms with van der Waals surface area (Å²) in [5, 5.41) is 2.51. The van der Waals surface area contributed by atoms with E-state index in [2.05, 4.69) is 15.3 Å². The normalized spacial score (nSPS) is 12.4. The summed E-state index contributed by atoms with van der Waals surface area (Å²) in [6.45, 7) is 2.07. The number of hydrogen-bond donors (Lipinski definition) is 1. The molecule has 1 heterocycles. The molecule has 1 atom stereocenters. The number of halogens is 3. The number of nitrogens with one attached hydrogen (secondary N) is 1. The van der Waals surface area contributed by atoms with Crippen LogP contribution in [-0.4, -0.2) is 55.6 Å². The topological polar surface area (TPSA) is 82.6 Å². The quantitative estimate of drug-likeness (QED) is 0.468. The fraction of sp³-hybridized carbons (Fsp3) is 0.421. The minimum Gasteiger partial charge on any atom is -0.493 e. The van der Waals surface area contributed by atoms with Crippen molar-refractivity contribution in [2.75, 3.05) is 33.7 Å². The van der Waals surface area contributed by atoms with Gasteiger partial charge in [0.2, 0.25) is 5.91 Å². The van der Waals surface area contributed by atoms with Gasteiger partial charge in [0.1, 0.15) is 5.69 Å². The average molecular weight is 445 g/mol.